The number of para-hydroxylation sites is 1. The lowest BCUT2D eigenvalue weighted by atomic mass is 10.2. The highest BCUT2D eigenvalue weighted by Gasteiger charge is 2.10. The first-order chi connectivity index (χ1) is 11.2. The Morgan fingerprint density at radius 1 is 1.04 bits per heavy atom. The van der Waals surface area contributed by atoms with E-state index in [2.05, 4.69) is 10.2 Å². The Morgan fingerprint density at radius 2 is 1.71 bits per heavy atom. The molecule has 1 amide bonds. The number of nitrogens with one attached hydrogen (secondary N) is 1. The van der Waals surface area contributed by atoms with Crippen LogP contribution in [0.4, 0.5) is 10.1 Å². The van der Waals surface area contributed by atoms with Crippen molar-refractivity contribution in [1.29, 1.82) is 0 Å². The maximum atomic E-state index is 13.5. The molecule has 0 radical (unpaired) electrons. The molecular formula is C18H23ClFN3O. The van der Waals surface area contributed by atoms with Crippen molar-refractivity contribution in [3.63, 3.8) is 0 Å². The summed E-state index contributed by atoms with van der Waals surface area (Å²) < 4.78 is 13.5. The zero-order valence-electron chi connectivity index (χ0n) is 13.5. The van der Waals surface area contributed by atoms with Gasteiger partial charge in [-0.05, 0) is 17.7 Å². The lowest BCUT2D eigenvalue weighted by molar-refractivity contribution is -0.116. The first kappa shape index (κ1) is 20.1. The molecule has 3 N–H and O–H groups in total. The highest BCUT2D eigenvalue weighted by molar-refractivity contribution is 5.90. The van der Waals surface area contributed by atoms with E-state index in [1.165, 1.54) is 11.6 Å². The van der Waals surface area contributed by atoms with Crippen molar-refractivity contribution < 1.29 is 9.18 Å². The van der Waals surface area contributed by atoms with Gasteiger partial charge in [0.2, 0.25) is 5.91 Å². The van der Waals surface area contributed by atoms with Crippen molar-refractivity contribution in [3.8, 4) is 0 Å². The second-order valence-electron chi connectivity index (χ2n) is 5.33. The number of hydrogen-bond donors (Lipinski definition) is 2. The fraction of sp³-hybridized carbons (Fsp3) is 0.278. The van der Waals surface area contributed by atoms with Gasteiger partial charge in [-0.15, -0.1) is 12.4 Å². The molecule has 0 aliphatic heterocycles. The average Bonchev–Trinajstić information content (AvgIpc) is 2.56. The number of carbonyl (C=O) groups is 1. The van der Waals surface area contributed by atoms with Crippen molar-refractivity contribution in [2.24, 2.45) is 5.73 Å². The lowest BCUT2D eigenvalue weighted by Crippen LogP contribution is -2.32. The standard InChI is InChI=1S/C18H22FN3O.ClH/c19-16-8-4-5-9-17(16)21-18(23)10-12-22(13-11-20)14-15-6-2-1-3-7-15;/h1-9H,10-14,20H2,(H,21,23);1H. The van der Waals surface area contributed by atoms with Crippen LogP contribution in [0.2, 0.25) is 0 Å². The summed E-state index contributed by atoms with van der Waals surface area (Å²) in [5, 5.41) is 2.60. The van der Waals surface area contributed by atoms with Crippen LogP contribution < -0.4 is 11.1 Å². The summed E-state index contributed by atoms with van der Waals surface area (Å²) in [4.78, 5) is 14.1. The SMILES string of the molecule is Cl.NCCN(CCC(=O)Nc1ccccc1F)Cc1ccccc1. The Bertz CT molecular complexity index is 625. The largest absolute Gasteiger partial charge is 0.329 e. The zero-order valence-corrected chi connectivity index (χ0v) is 14.3. The van der Waals surface area contributed by atoms with Gasteiger partial charge in [0.15, 0.2) is 0 Å². The number of nitrogens with zero attached hydrogens (tertiary/aromatic N) is 1. The third kappa shape index (κ3) is 6.66. The third-order valence-electron chi connectivity index (χ3n) is 3.50. The second-order valence-corrected chi connectivity index (χ2v) is 5.33. The number of carbonyl (C=O) groups excluding carboxylic acids is 1. The van der Waals surface area contributed by atoms with E-state index in [0.717, 1.165) is 6.54 Å². The second kappa shape index (κ2) is 10.8. The molecule has 4 nitrogen and oxygen atoms in total. The molecule has 0 saturated carbocycles. The number of halogens is 2. The maximum absolute atomic E-state index is 13.5. The lowest BCUT2D eigenvalue weighted by Gasteiger charge is -2.21. The van der Waals surface area contributed by atoms with E-state index in [1.54, 1.807) is 18.2 Å². The van der Waals surface area contributed by atoms with E-state index in [-0.39, 0.29) is 24.0 Å². The summed E-state index contributed by atoms with van der Waals surface area (Å²) in [6.07, 6.45) is 0.293. The van der Waals surface area contributed by atoms with Crippen molar-refractivity contribution in [2.45, 2.75) is 13.0 Å². The number of hydrogen-bond acceptors (Lipinski definition) is 3. The van der Waals surface area contributed by atoms with Crippen LogP contribution in [0.3, 0.4) is 0 Å². The Kier molecular flexibility index (Phi) is 9.01. The molecule has 0 aliphatic rings. The third-order valence-corrected chi connectivity index (χ3v) is 3.50. The Hall–Kier alpha value is -1.95. The number of anilines is 1. The van der Waals surface area contributed by atoms with Gasteiger partial charge in [-0.25, -0.2) is 4.39 Å². The monoisotopic (exact) mass is 351 g/mol. The number of rotatable bonds is 8. The molecule has 24 heavy (non-hydrogen) atoms. The normalized spacial score (nSPS) is 10.3. The van der Waals surface area contributed by atoms with E-state index < -0.39 is 5.82 Å². The van der Waals surface area contributed by atoms with Gasteiger partial charge >= 0.3 is 0 Å². The molecule has 130 valence electrons. The fourth-order valence-corrected chi connectivity index (χ4v) is 2.33. The molecule has 0 fully saturated rings. The van der Waals surface area contributed by atoms with Gasteiger partial charge < -0.3 is 11.1 Å². The van der Waals surface area contributed by atoms with Crippen LogP contribution in [0.15, 0.2) is 54.6 Å². The Morgan fingerprint density at radius 3 is 2.38 bits per heavy atom. The van der Waals surface area contributed by atoms with Crippen molar-refractivity contribution in [3.05, 3.63) is 66.0 Å². The molecule has 2 aromatic rings. The van der Waals surface area contributed by atoms with Gasteiger partial charge in [-0.3, -0.25) is 9.69 Å². The van der Waals surface area contributed by atoms with Crippen LogP contribution >= 0.6 is 12.4 Å². The van der Waals surface area contributed by atoms with Gasteiger partial charge in [0, 0.05) is 32.6 Å². The van der Waals surface area contributed by atoms with Crippen LogP contribution in [0.25, 0.3) is 0 Å². The van der Waals surface area contributed by atoms with Crippen molar-refractivity contribution in [1.82, 2.24) is 4.90 Å². The van der Waals surface area contributed by atoms with E-state index in [9.17, 15) is 9.18 Å². The molecule has 0 aromatic heterocycles. The zero-order chi connectivity index (χ0) is 16.5. The molecule has 0 heterocycles. The van der Waals surface area contributed by atoms with E-state index in [4.69, 9.17) is 5.73 Å². The quantitative estimate of drug-likeness (QED) is 0.768. The van der Waals surface area contributed by atoms with Gasteiger partial charge in [-0.2, -0.15) is 0 Å². The molecule has 0 unspecified atom stereocenters. The summed E-state index contributed by atoms with van der Waals surface area (Å²) in [5.74, 6) is -0.630. The van der Waals surface area contributed by atoms with Crippen LogP contribution in [0.5, 0.6) is 0 Å². The minimum atomic E-state index is -0.427. The molecule has 6 heteroatoms. The summed E-state index contributed by atoms with van der Waals surface area (Å²) >= 11 is 0. The first-order valence-corrected chi connectivity index (χ1v) is 7.70. The highest BCUT2D eigenvalue weighted by atomic mass is 35.5. The van der Waals surface area contributed by atoms with Gasteiger partial charge in [0.1, 0.15) is 5.82 Å². The van der Waals surface area contributed by atoms with Crippen LogP contribution in [0.1, 0.15) is 12.0 Å². The minimum Gasteiger partial charge on any atom is -0.329 e. The molecule has 0 aliphatic carbocycles. The Labute approximate surface area is 148 Å². The summed E-state index contributed by atoms with van der Waals surface area (Å²) in [6, 6.07) is 16.2. The topological polar surface area (TPSA) is 58.4 Å². The molecule has 0 bridgehead atoms. The average molecular weight is 352 g/mol. The predicted octanol–water partition coefficient (Wildman–Crippen LogP) is 3.04. The van der Waals surface area contributed by atoms with Gasteiger partial charge in [-0.1, -0.05) is 42.5 Å². The smallest absolute Gasteiger partial charge is 0.225 e. The minimum absolute atomic E-state index is 0. The van der Waals surface area contributed by atoms with Crippen LogP contribution in [-0.2, 0) is 11.3 Å². The van der Waals surface area contributed by atoms with Crippen molar-refractivity contribution in [2.75, 3.05) is 25.0 Å². The van der Waals surface area contributed by atoms with Crippen molar-refractivity contribution >= 4 is 24.0 Å². The fourth-order valence-electron chi connectivity index (χ4n) is 2.33. The van der Waals surface area contributed by atoms with Crippen LogP contribution in [-0.4, -0.2) is 30.4 Å². The molecule has 0 spiro atoms. The molecular weight excluding hydrogens is 329 g/mol. The number of amides is 1. The van der Waals surface area contributed by atoms with E-state index >= 15 is 0 Å². The number of nitrogens with two attached hydrogens (primary N) is 1. The Balaban J connectivity index is 0.00000288. The predicted molar refractivity (Wildman–Crippen MR) is 97.7 cm³/mol. The molecule has 2 rings (SSSR count). The van der Waals surface area contributed by atoms with Gasteiger partial charge in [0.25, 0.3) is 0 Å². The van der Waals surface area contributed by atoms with Gasteiger partial charge in [0.05, 0.1) is 5.69 Å². The summed E-state index contributed by atoms with van der Waals surface area (Å²) in [7, 11) is 0. The maximum Gasteiger partial charge on any atom is 0.225 e. The van der Waals surface area contributed by atoms with E-state index in [0.29, 0.717) is 26.1 Å². The number of benzene rings is 2. The molecule has 0 saturated heterocycles. The first-order valence-electron chi connectivity index (χ1n) is 7.70. The summed E-state index contributed by atoms with van der Waals surface area (Å²) in [5.41, 5.74) is 7.03. The molecule has 2 aromatic carbocycles. The van der Waals surface area contributed by atoms with Crippen LogP contribution in [0, 0.1) is 5.82 Å². The molecule has 0 atom stereocenters. The summed E-state index contributed by atoms with van der Waals surface area (Å²) in [6.45, 7) is 2.56. The highest BCUT2D eigenvalue weighted by Crippen LogP contribution is 2.13. The van der Waals surface area contributed by atoms with E-state index in [1.807, 2.05) is 30.3 Å².